The van der Waals surface area contributed by atoms with E-state index in [1.165, 1.54) is 12.5 Å². The van der Waals surface area contributed by atoms with Gasteiger partial charge in [0.15, 0.2) is 0 Å². The zero-order valence-corrected chi connectivity index (χ0v) is 7.55. The summed E-state index contributed by atoms with van der Waals surface area (Å²) in [6, 6.07) is 1.43. The molecule has 74 valence electrons. The molecule has 1 amide bonds. The molecule has 14 heavy (non-hydrogen) atoms. The second-order valence-corrected chi connectivity index (χ2v) is 3.32. The van der Waals surface area contributed by atoms with E-state index in [-0.39, 0.29) is 11.9 Å². The third-order valence-corrected chi connectivity index (χ3v) is 2.37. The van der Waals surface area contributed by atoms with E-state index < -0.39 is 6.10 Å². The fourth-order valence-electron chi connectivity index (χ4n) is 1.32. The lowest BCUT2D eigenvalue weighted by atomic mass is 9.89. The number of amides is 1. The van der Waals surface area contributed by atoms with Crippen LogP contribution in [0.4, 0.5) is 0 Å². The zero-order chi connectivity index (χ0) is 9.97. The molecule has 0 spiro atoms. The summed E-state index contributed by atoms with van der Waals surface area (Å²) >= 11 is 0. The topological polar surface area (TPSA) is 75.1 Å². The van der Waals surface area contributed by atoms with Crippen molar-refractivity contribution in [1.82, 2.24) is 15.3 Å². The first-order valence-electron chi connectivity index (χ1n) is 4.52. The Labute approximate surface area is 81.2 Å². The van der Waals surface area contributed by atoms with Gasteiger partial charge in [-0.3, -0.25) is 4.79 Å². The van der Waals surface area contributed by atoms with E-state index >= 15 is 0 Å². The Hall–Kier alpha value is -1.49. The van der Waals surface area contributed by atoms with Crippen LogP contribution in [0, 0.1) is 0 Å². The lowest BCUT2D eigenvalue weighted by molar-refractivity contribution is 0.0445. The number of rotatable bonds is 2. The molecule has 1 aliphatic carbocycles. The third-order valence-electron chi connectivity index (χ3n) is 2.37. The van der Waals surface area contributed by atoms with E-state index in [4.69, 9.17) is 0 Å². The quantitative estimate of drug-likeness (QED) is 0.678. The van der Waals surface area contributed by atoms with Crippen molar-refractivity contribution in [2.75, 3.05) is 0 Å². The van der Waals surface area contributed by atoms with Crippen LogP contribution in [0.5, 0.6) is 0 Å². The normalized spacial score (nSPS) is 25.2. The Kier molecular flexibility index (Phi) is 2.41. The first-order chi connectivity index (χ1) is 6.77. The molecular formula is C9H11N3O2. The van der Waals surface area contributed by atoms with Gasteiger partial charge < -0.3 is 10.4 Å². The van der Waals surface area contributed by atoms with Crippen molar-refractivity contribution in [3.8, 4) is 0 Å². The highest BCUT2D eigenvalue weighted by Gasteiger charge is 2.30. The van der Waals surface area contributed by atoms with Gasteiger partial charge in [-0.15, -0.1) is 0 Å². The van der Waals surface area contributed by atoms with E-state index in [0.29, 0.717) is 5.69 Å². The average Bonchev–Trinajstić information content (AvgIpc) is 2.24. The number of carbonyl (C=O) groups excluding carboxylic acids is 1. The van der Waals surface area contributed by atoms with E-state index in [1.54, 1.807) is 6.07 Å². The van der Waals surface area contributed by atoms with Gasteiger partial charge in [0, 0.05) is 6.20 Å². The fraction of sp³-hybridized carbons (Fsp3) is 0.444. The minimum absolute atomic E-state index is 0.113. The molecule has 2 N–H and O–H groups in total. The number of hydrogen-bond acceptors (Lipinski definition) is 4. The number of nitrogens with zero attached hydrogens (tertiary/aromatic N) is 2. The number of aliphatic hydroxyl groups excluding tert-OH is 1. The van der Waals surface area contributed by atoms with Gasteiger partial charge in [-0.1, -0.05) is 0 Å². The molecule has 0 radical (unpaired) electrons. The molecule has 5 nitrogen and oxygen atoms in total. The molecule has 0 saturated heterocycles. The predicted octanol–water partition coefficient (Wildman–Crippen LogP) is -0.270. The van der Waals surface area contributed by atoms with Gasteiger partial charge in [-0.2, -0.15) is 0 Å². The molecule has 2 atom stereocenters. The number of hydrogen-bond donors (Lipinski definition) is 2. The van der Waals surface area contributed by atoms with Gasteiger partial charge in [-0.05, 0) is 18.9 Å². The van der Waals surface area contributed by atoms with Crippen molar-refractivity contribution < 1.29 is 9.90 Å². The second-order valence-electron chi connectivity index (χ2n) is 3.32. The summed E-state index contributed by atoms with van der Waals surface area (Å²) in [7, 11) is 0. The molecular weight excluding hydrogens is 182 g/mol. The van der Waals surface area contributed by atoms with Crippen LogP contribution in [0.15, 0.2) is 18.6 Å². The molecule has 2 unspecified atom stereocenters. The molecule has 2 rings (SSSR count). The molecule has 5 heteroatoms. The SMILES string of the molecule is O=C(NC1CCC1O)c1ccncn1. The average molecular weight is 193 g/mol. The van der Waals surface area contributed by atoms with Gasteiger partial charge in [0.1, 0.15) is 12.0 Å². The van der Waals surface area contributed by atoms with E-state index in [1.807, 2.05) is 0 Å². The van der Waals surface area contributed by atoms with Gasteiger partial charge >= 0.3 is 0 Å². The van der Waals surface area contributed by atoms with Gasteiger partial charge in [0.25, 0.3) is 5.91 Å². The highest BCUT2D eigenvalue weighted by molar-refractivity contribution is 5.92. The molecule has 1 aromatic rings. The van der Waals surface area contributed by atoms with Crippen LogP contribution in [0.25, 0.3) is 0 Å². The van der Waals surface area contributed by atoms with E-state index in [2.05, 4.69) is 15.3 Å². The van der Waals surface area contributed by atoms with Crippen LogP contribution in [0.2, 0.25) is 0 Å². The number of aliphatic hydroxyl groups is 1. The fourth-order valence-corrected chi connectivity index (χ4v) is 1.32. The molecule has 1 saturated carbocycles. The van der Waals surface area contributed by atoms with E-state index in [9.17, 15) is 9.90 Å². The molecule has 0 aromatic carbocycles. The predicted molar refractivity (Wildman–Crippen MR) is 48.5 cm³/mol. The number of nitrogens with one attached hydrogen (secondary N) is 1. The van der Waals surface area contributed by atoms with Crippen molar-refractivity contribution in [3.63, 3.8) is 0 Å². The summed E-state index contributed by atoms with van der Waals surface area (Å²) in [5.41, 5.74) is 0.333. The van der Waals surface area contributed by atoms with Crippen molar-refractivity contribution in [2.45, 2.75) is 25.0 Å². The summed E-state index contributed by atoms with van der Waals surface area (Å²) in [5.74, 6) is -0.254. The van der Waals surface area contributed by atoms with Gasteiger partial charge in [-0.25, -0.2) is 9.97 Å². The summed E-state index contributed by atoms with van der Waals surface area (Å²) in [6.07, 6.45) is 4.03. The maximum Gasteiger partial charge on any atom is 0.270 e. The van der Waals surface area contributed by atoms with Crippen molar-refractivity contribution in [2.24, 2.45) is 0 Å². The van der Waals surface area contributed by atoms with Crippen molar-refractivity contribution >= 4 is 5.91 Å². The first-order valence-corrected chi connectivity index (χ1v) is 4.52. The maximum atomic E-state index is 11.5. The second kappa shape index (κ2) is 3.71. The Balaban J connectivity index is 1.96. The van der Waals surface area contributed by atoms with Crippen LogP contribution in [-0.4, -0.2) is 33.1 Å². The summed E-state index contributed by atoms with van der Waals surface area (Å²) in [4.78, 5) is 19.0. The molecule has 0 bridgehead atoms. The minimum atomic E-state index is -0.402. The van der Waals surface area contributed by atoms with Crippen LogP contribution >= 0.6 is 0 Å². The third kappa shape index (κ3) is 1.72. The first kappa shape index (κ1) is 9.08. The summed E-state index contributed by atoms with van der Waals surface area (Å²) in [6.45, 7) is 0. The van der Waals surface area contributed by atoms with Crippen LogP contribution in [-0.2, 0) is 0 Å². The zero-order valence-electron chi connectivity index (χ0n) is 7.55. The lowest BCUT2D eigenvalue weighted by Crippen LogP contribution is -2.50. The standard InChI is InChI=1S/C9H11N3O2/c13-8-2-1-6(8)12-9(14)7-3-4-10-5-11-7/h3-6,8,13H,1-2H2,(H,12,14). The van der Waals surface area contributed by atoms with Gasteiger partial charge in [0.2, 0.25) is 0 Å². The Morgan fingerprint density at radius 1 is 1.57 bits per heavy atom. The van der Waals surface area contributed by atoms with Crippen molar-refractivity contribution in [3.05, 3.63) is 24.3 Å². The summed E-state index contributed by atoms with van der Waals surface area (Å²) in [5, 5.41) is 12.0. The highest BCUT2D eigenvalue weighted by atomic mass is 16.3. The van der Waals surface area contributed by atoms with Crippen LogP contribution in [0.3, 0.4) is 0 Å². The lowest BCUT2D eigenvalue weighted by Gasteiger charge is -2.32. The molecule has 1 aromatic heterocycles. The van der Waals surface area contributed by atoms with Crippen molar-refractivity contribution in [1.29, 1.82) is 0 Å². The Morgan fingerprint density at radius 2 is 2.43 bits per heavy atom. The Morgan fingerprint density at radius 3 is 2.93 bits per heavy atom. The van der Waals surface area contributed by atoms with Crippen LogP contribution in [0.1, 0.15) is 23.3 Å². The summed E-state index contributed by atoms with van der Waals surface area (Å²) < 4.78 is 0. The van der Waals surface area contributed by atoms with E-state index in [0.717, 1.165) is 12.8 Å². The van der Waals surface area contributed by atoms with Gasteiger partial charge in [0.05, 0.1) is 12.1 Å². The monoisotopic (exact) mass is 193 g/mol. The largest absolute Gasteiger partial charge is 0.391 e. The number of carbonyl (C=O) groups is 1. The maximum absolute atomic E-state index is 11.5. The number of aromatic nitrogens is 2. The highest BCUT2D eigenvalue weighted by Crippen LogP contribution is 2.19. The minimum Gasteiger partial charge on any atom is -0.391 e. The van der Waals surface area contributed by atoms with Crippen LogP contribution < -0.4 is 5.32 Å². The molecule has 1 aliphatic rings. The molecule has 0 aliphatic heterocycles. The molecule has 1 fully saturated rings. The smallest absolute Gasteiger partial charge is 0.270 e. The molecule has 1 heterocycles. The Bertz CT molecular complexity index is 328.